The SMILES string of the molecule is CCC1CCCCN1c1cc(N2CCCc3ccccc32)ncn1. The van der Waals surface area contributed by atoms with Crippen molar-refractivity contribution in [3.8, 4) is 0 Å². The van der Waals surface area contributed by atoms with Gasteiger partial charge in [0.2, 0.25) is 0 Å². The van der Waals surface area contributed by atoms with Gasteiger partial charge in [0, 0.05) is 30.9 Å². The molecule has 1 aromatic carbocycles. The first-order chi connectivity index (χ1) is 11.9. The van der Waals surface area contributed by atoms with E-state index in [1.54, 1.807) is 6.33 Å². The minimum Gasteiger partial charge on any atom is -0.353 e. The third-order valence-corrected chi connectivity index (χ3v) is 5.42. The second-order valence-corrected chi connectivity index (χ2v) is 6.87. The van der Waals surface area contributed by atoms with Crippen molar-refractivity contribution in [3.63, 3.8) is 0 Å². The number of hydrogen-bond donors (Lipinski definition) is 0. The van der Waals surface area contributed by atoms with Crippen LogP contribution in [0.4, 0.5) is 17.3 Å². The van der Waals surface area contributed by atoms with E-state index in [0.29, 0.717) is 6.04 Å². The Morgan fingerprint density at radius 3 is 2.83 bits per heavy atom. The molecular formula is C20H26N4. The molecule has 1 saturated heterocycles. The monoisotopic (exact) mass is 322 g/mol. The molecule has 1 atom stereocenters. The second-order valence-electron chi connectivity index (χ2n) is 6.87. The van der Waals surface area contributed by atoms with E-state index in [1.165, 1.54) is 43.4 Å². The van der Waals surface area contributed by atoms with Crippen LogP contribution in [0.2, 0.25) is 0 Å². The Bertz CT molecular complexity index is 700. The molecule has 0 amide bonds. The third-order valence-electron chi connectivity index (χ3n) is 5.42. The van der Waals surface area contributed by atoms with Gasteiger partial charge in [-0.1, -0.05) is 25.1 Å². The highest BCUT2D eigenvalue weighted by molar-refractivity contribution is 5.67. The number of aryl methyl sites for hydroxylation is 1. The lowest BCUT2D eigenvalue weighted by Crippen LogP contribution is -2.39. The van der Waals surface area contributed by atoms with Gasteiger partial charge in [-0.3, -0.25) is 0 Å². The number of para-hydroxylation sites is 1. The average molecular weight is 322 g/mol. The van der Waals surface area contributed by atoms with Gasteiger partial charge in [-0.05, 0) is 50.2 Å². The third kappa shape index (κ3) is 2.85. The lowest BCUT2D eigenvalue weighted by molar-refractivity contribution is 0.446. The van der Waals surface area contributed by atoms with Crippen LogP contribution < -0.4 is 9.80 Å². The summed E-state index contributed by atoms with van der Waals surface area (Å²) < 4.78 is 0. The summed E-state index contributed by atoms with van der Waals surface area (Å²) >= 11 is 0. The standard InChI is InChI=1S/C20H26N4/c1-2-17-10-5-6-12-23(17)19-14-20(22-15-21-19)24-13-7-9-16-8-3-4-11-18(16)24/h3-4,8,11,14-15,17H,2,5-7,9-10,12-13H2,1H3. The molecule has 2 aliphatic rings. The van der Waals surface area contributed by atoms with Gasteiger partial charge in [0.25, 0.3) is 0 Å². The molecule has 0 radical (unpaired) electrons. The number of nitrogens with zero attached hydrogens (tertiary/aromatic N) is 4. The van der Waals surface area contributed by atoms with Gasteiger partial charge < -0.3 is 9.80 Å². The van der Waals surface area contributed by atoms with Crippen molar-refractivity contribution in [2.45, 2.75) is 51.5 Å². The number of fused-ring (bicyclic) bond motifs is 1. The van der Waals surface area contributed by atoms with Gasteiger partial charge in [-0.15, -0.1) is 0 Å². The molecule has 0 N–H and O–H groups in total. The van der Waals surface area contributed by atoms with Crippen molar-refractivity contribution in [2.75, 3.05) is 22.9 Å². The number of anilines is 3. The Balaban J connectivity index is 1.66. The van der Waals surface area contributed by atoms with Gasteiger partial charge in [0.05, 0.1) is 0 Å². The molecule has 0 saturated carbocycles. The molecule has 3 heterocycles. The number of rotatable bonds is 3. The predicted octanol–water partition coefficient (Wildman–Crippen LogP) is 4.33. The highest BCUT2D eigenvalue weighted by atomic mass is 15.3. The summed E-state index contributed by atoms with van der Waals surface area (Å²) in [5, 5.41) is 0. The van der Waals surface area contributed by atoms with Gasteiger partial charge >= 0.3 is 0 Å². The van der Waals surface area contributed by atoms with E-state index < -0.39 is 0 Å². The van der Waals surface area contributed by atoms with Crippen LogP contribution in [0.5, 0.6) is 0 Å². The molecule has 126 valence electrons. The van der Waals surface area contributed by atoms with Crippen molar-refractivity contribution in [2.24, 2.45) is 0 Å². The fourth-order valence-corrected chi connectivity index (χ4v) is 4.14. The summed E-state index contributed by atoms with van der Waals surface area (Å²) in [6.07, 6.45) is 9.15. The number of piperidine rings is 1. The summed E-state index contributed by atoms with van der Waals surface area (Å²) in [4.78, 5) is 14.0. The van der Waals surface area contributed by atoms with E-state index in [2.05, 4.69) is 57.0 Å². The highest BCUT2D eigenvalue weighted by Gasteiger charge is 2.24. The van der Waals surface area contributed by atoms with Crippen LogP contribution in [0, 0.1) is 0 Å². The summed E-state index contributed by atoms with van der Waals surface area (Å²) in [6.45, 7) is 4.43. The topological polar surface area (TPSA) is 32.3 Å². The van der Waals surface area contributed by atoms with Crippen molar-refractivity contribution < 1.29 is 0 Å². The highest BCUT2D eigenvalue weighted by Crippen LogP contribution is 2.34. The van der Waals surface area contributed by atoms with Gasteiger partial charge in [-0.25, -0.2) is 9.97 Å². The average Bonchev–Trinajstić information content (AvgIpc) is 2.67. The number of aromatic nitrogens is 2. The quantitative estimate of drug-likeness (QED) is 0.842. The maximum Gasteiger partial charge on any atom is 0.138 e. The largest absolute Gasteiger partial charge is 0.353 e. The lowest BCUT2D eigenvalue weighted by Gasteiger charge is -2.37. The minimum absolute atomic E-state index is 0.621. The zero-order valence-electron chi connectivity index (χ0n) is 14.5. The molecular weight excluding hydrogens is 296 g/mol. The van der Waals surface area contributed by atoms with E-state index in [9.17, 15) is 0 Å². The molecule has 4 nitrogen and oxygen atoms in total. The lowest BCUT2D eigenvalue weighted by atomic mass is 10.00. The maximum absolute atomic E-state index is 4.60. The molecule has 1 aromatic heterocycles. The first-order valence-corrected chi connectivity index (χ1v) is 9.31. The van der Waals surface area contributed by atoms with E-state index in [-0.39, 0.29) is 0 Å². The van der Waals surface area contributed by atoms with E-state index in [4.69, 9.17) is 0 Å². The minimum atomic E-state index is 0.621. The summed E-state index contributed by atoms with van der Waals surface area (Å²) in [7, 11) is 0. The van der Waals surface area contributed by atoms with Crippen LogP contribution in [0.3, 0.4) is 0 Å². The molecule has 4 heteroatoms. The Hall–Kier alpha value is -2.10. The number of benzene rings is 1. The molecule has 2 aromatic rings. The maximum atomic E-state index is 4.60. The first-order valence-electron chi connectivity index (χ1n) is 9.31. The first kappa shape index (κ1) is 15.4. The fourth-order valence-electron chi connectivity index (χ4n) is 4.14. The van der Waals surface area contributed by atoms with Gasteiger partial charge in [0.1, 0.15) is 18.0 Å². The molecule has 0 bridgehead atoms. The van der Waals surface area contributed by atoms with E-state index in [0.717, 1.165) is 31.1 Å². The van der Waals surface area contributed by atoms with Crippen LogP contribution >= 0.6 is 0 Å². The molecule has 4 rings (SSSR count). The van der Waals surface area contributed by atoms with Gasteiger partial charge in [-0.2, -0.15) is 0 Å². The smallest absolute Gasteiger partial charge is 0.138 e. The van der Waals surface area contributed by atoms with Crippen LogP contribution in [0.25, 0.3) is 0 Å². The van der Waals surface area contributed by atoms with Crippen molar-refractivity contribution >= 4 is 17.3 Å². The molecule has 0 spiro atoms. The number of hydrogen-bond acceptors (Lipinski definition) is 4. The second kappa shape index (κ2) is 6.80. The van der Waals surface area contributed by atoms with Crippen LogP contribution in [0.15, 0.2) is 36.7 Å². The Morgan fingerprint density at radius 2 is 1.92 bits per heavy atom. The predicted molar refractivity (Wildman–Crippen MR) is 99.1 cm³/mol. The molecule has 1 unspecified atom stereocenters. The van der Waals surface area contributed by atoms with Crippen LogP contribution in [-0.4, -0.2) is 29.1 Å². The molecule has 1 fully saturated rings. The van der Waals surface area contributed by atoms with Crippen LogP contribution in [-0.2, 0) is 6.42 Å². The summed E-state index contributed by atoms with van der Waals surface area (Å²) in [5.74, 6) is 2.13. The molecule has 24 heavy (non-hydrogen) atoms. The van der Waals surface area contributed by atoms with Crippen molar-refractivity contribution in [3.05, 3.63) is 42.2 Å². The zero-order chi connectivity index (χ0) is 16.4. The molecule has 2 aliphatic heterocycles. The normalized spacial score (nSPS) is 20.8. The Morgan fingerprint density at radius 1 is 1.04 bits per heavy atom. The Labute approximate surface area is 144 Å². The van der Waals surface area contributed by atoms with Crippen LogP contribution in [0.1, 0.15) is 44.6 Å². The van der Waals surface area contributed by atoms with Crippen molar-refractivity contribution in [1.82, 2.24) is 9.97 Å². The summed E-state index contributed by atoms with van der Waals surface area (Å²) in [5.41, 5.74) is 2.73. The van der Waals surface area contributed by atoms with E-state index >= 15 is 0 Å². The van der Waals surface area contributed by atoms with E-state index in [1.807, 2.05) is 0 Å². The fraction of sp³-hybridized carbons (Fsp3) is 0.500. The van der Waals surface area contributed by atoms with Gasteiger partial charge in [0.15, 0.2) is 0 Å². The van der Waals surface area contributed by atoms with Crippen molar-refractivity contribution in [1.29, 1.82) is 0 Å². The Kier molecular flexibility index (Phi) is 4.37. The zero-order valence-corrected chi connectivity index (χ0v) is 14.5. The summed E-state index contributed by atoms with van der Waals surface area (Å²) in [6, 6.07) is 11.5. The molecule has 0 aliphatic carbocycles.